The van der Waals surface area contributed by atoms with Gasteiger partial charge in [0.1, 0.15) is 11.6 Å². The first-order chi connectivity index (χ1) is 13.8. The molecule has 0 aliphatic heterocycles. The summed E-state index contributed by atoms with van der Waals surface area (Å²) in [6.07, 6.45) is 0. The molecule has 0 unspecified atom stereocenters. The Balaban J connectivity index is 1.57. The molecule has 3 rings (SSSR count). The van der Waals surface area contributed by atoms with Crippen LogP contribution in [0.2, 0.25) is 0 Å². The van der Waals surface area contributed by atoms with E-state index in [1.165, 1.54) is 48.5 Å². The molecule has 0 saturated carbocycles. The molecule has 0 atom stereocenters. The molecule has 0 aromatic heterocycles. The molecule has 150 valence electrons. The van der Waals surface area contributed by atoms with Crippen molar-refractivity contribution in [2.75, 3.05) is 16.6 Å². The smallest absolute Gasteiger partial charge is 0.262 e. The van der Waals surface area contributed by atoms with E-state index < -0.39 is 21.7 Å². The second-order valence-corrected chi connectivity index (χ2v) is 8.53. The van der Waals surface area contributed by atoms with E-state index in [1.807, 2.05) is 0 Å². The predicted molar refractivity (Wildman–Crippen MR) is 112 cm³/mol. The highest BCUT2D eigenvalue weighted by molar-refractivity contribution is 9.10. The van der Waals surface area contributed by atoms with Crippen molar-refractivity contribution in [3.8, 4) is 5.75 Å². The van der Waals surface area contributed by atoms with Crippen LogP contribution >= 0.6 is 15.9 Å². The van der Waals surface area contributed by atoms with Crippen molar-refractivity contribution in [1.82, 2.24) is 0 Å². The van der Waals surface area contributed by atoms with Gasteiger partial charge in [0, 0.05) is 15.8 Å². The van der Waals surface area contributed by atoms with Crippen molar-refractivity contribution in [2.45, 2.75) is 4.90 Å². The van der Waals surface area contributed by atoms with Gasteiger partial charge in [0.05, 0.1) is 4.90 Å². The molecular formula is C20H16BrFN2O4S. The number of rotatable bonds is 7. The molecule has 3 aromatic rings. The van der Waals surface area contributed by atoms with Gasteiger partial charge in [-0.15, -0.1) is 0 Å². The molecule has 2 N–H and O–H groups in total. The lowest BCUT2D eigenvalue weighted by Gasteiger charge is -2.10. The van der Waals surface area contributed by atoms with Gasteiger partial charge in [-0.2, -0.15) is 0 Å². The lowest BCUT2D eigenvalue weighted by Crippen LogP contribution is -2.20. The maximum atomic E-state index is 12.9. The number of nitrogens with one attached hydrogen (secondary N) is 2. The zero-order valence-corrected chi connectivity index (χ0v) is 17.3. The summed E-state index contributed by atoms with van der Waals surface area (Å²) in [5.41, 5.74) is 0.881. The predicted octanol–water partition coefficient (Wildman–Crippen LogP) is 4.41. The average molecular weight is 479 g/mol. The van der Waals surface area contributed by atoms with E-state index in [-0.39, 0.29) is 11.5 Å². The van der Waals surface area contributed by atoms with Crippen LogP contribution in [-0.4, -0.2) is 20.9 Å². The minimum Gasteiger partial charge on any atom is -0.484 e. The van der Waals surface area contributed by atoms with Gasteiger partial charge in [-0.1, -0.05) is 15.9 Å². The molecule has 1 amide bonds. The number of hydrogen-bond donors (Lipinski definition) is 2. The summed E-state index contributed by atoms with van der Waals surface area (Å²) in [7, 11) is -3.75. The molecule has 0 heterocycles. The van der Waals surface area contributed by atoms with Gasteiger partial charge in [0.2, 0.25) is 0 Å². The SMILES string of the molecule is O=C(COc1ccc(S(=O)(=O)Nc2ccc(Br)cc2)cc1)Nc1ccc(F)cc1. The third kappa shape index (κ3) is 6.03. The third-order valence-corrected chi connectivity index (χ3v) is 5.65. The van der Waals surface area contributed by atoms with E-state index in [0.29, 0.717) is 17.1 Å². The van der Waals surface area contributed by atoms with Crippen LogP contribution < -0.4 is 14.8 Å². The number of carbonyl (C=O) groups is 1. The van der Waals surface area contributed by atoms with Gasteiger partial charge in [-0.05, 0) is 72.8 Å². The third-order valence-electron chi connectivity index (χ3n) is 3.73. The van der Waals surface area contributed by atoms with Gasteiger partial charge < -0.3 is 10.1 Å². The summed E-state index contributed by atoms with van der Waals surface area (Å²) in [5.74, 6) is -0.490. The summed E-state index contributed by atoms with van der Waals surface area (Å²) in [4.78, 5) is 11.9. The number of hydrogen-bond acceptors (Lipinski definition) is 4. The Morgan fingerprint density at radius 2 is 1.48 bits per heavy atom. The molecule has 0 fully saturated rings. The second-order valence-electron chi connectivity index (χ2n) is 5.93. The van der Waals surface area contributed by atoms with Gasteiger partial charge >= 0.3 is 0 Å². The normalized spacial score (nSPS) is 11.0. The van der Waals surface area contributed by atoms with E-state index in [9.17, 15) is 17.6 Å². The molecule has 0 radical (unpaired) electrons. The van der Waals surface area contributed by atoms with E-state index in [0.717, 1.165) is 4.47 Å². The van der Waals surface area contributed by atoms with Crippen molar-refractivity contribution in [1.29, 1.82) is 0 Å². The van der Waals surface area contributed by atoms with Crippen molar-refractivity contribution in [3.63, 3.8) is 0 Å². The van der Waals surface area contributed by atoms with Crippen LogP contribution in [0.25, 0.3) is 0 Å². The first kappa shape index (κ1) is 20.8. The Hall–Kier alpha value is -2.91. The highest BCUT2D eigenvalue weighted by atomic mass is 79.9. The van der Waals surface area contributed by atoms with E-state index >= 15 is 0 Å². The molecule has 0 aliphatic carbocycles. The quantitative estimate of drug-likeness (QED) is 0.526. The molecule has 0 saturated heterocycles. The van der Waals surface area contributed by atoms with Crippen LogP contribution in [0.3, 0.4) is 0 Å². The van der Waals surface area contributed by atoms with E-state index in [4.69, 9.17) is 4.74 Å². The summed E-state index contributed by atoms with van der Waals surface area (Å²) in [6.45, 7) is -0.277. The van der Waals surface area contributed by atoms with Crippen LogP contribution in [0.5, 0.6) is 5.75 Å². The van der Waals surface area contributed by atoms with Crippen LogP contribution in [0.4, 0.5) is 15.8 Å². The van der Waals surface area contributed by atoms with Gasteiger partial charge in [-0.25, -0.2) is 12.8 Å². The molecule has 0 bridgehead atoms. The molecule has 0 spiro atoms. The van der Waals surface area contributed by atoms with Crippen molar-refractivity contribution < 1.29 is 22.3 Å². The Labute approximate surface area is 175 Å². The highest BCUT2D eigenvalue weighted by Gasteiger charge is 2.14. The van der Waals surface area contributed by atoms with Crippen LogP contribution in [0.1, 0.15) is 0 Å². The second kappa shape index (κ2) is 9.06. The Morgan fingerprint density at radius 3 is 2.10 bits per heavy atom. The van der Waals surface area contributed by atoms with Crippen LogP contribution in [0.15, 0.2) is 82.2 Å². The number of carbonyl (C=O) groups excluding carboxylic acids is 1. The minimum absolute atomic E-state index is 0.0588. The van der Waals surface area contributed by atoms with Gasteiger partial charge in [0.15, 0.2) is 6.61 Å². The topological polar surface area (TPSA) is 84.5 Å². The lowest BCUT2D eigenvalue weighted by molar-refractivity contribution is -0.118. The maximum absolute atomic E-state index is 12.9. The maximum Gasteiger partial charge on any atom is 0.262 e. The first-order valence-corrected chi connectivity index (χ1v) is 10.7. The molecule has 3 aromatic carbocycles. The van der Waals surface area contributed by atoms with Crippen LogP contribution in [-0.2, 0) is 14.8 Å². The largest absolute Gasteiger partial charge is 0.484 e. The number of sulfonamides is 1. The van der Waals surface area contributed by atoms with Gasteiger partial charge in [-0.3, -0.25) is 9.52 Å². The molecule has 0 aliphatic rings. The summed E-state index contributed by atoms with van der Waals surface area (Å²) in [6, 6.07) is 17.8. The number of ether oxygens (including phenoxy) is 1. The Kier molecular flexibility index (Phi) is 6.50. The average Bonchev–Trinajstić information content (AvgIpc) is 2.70. The number of amides is 1. The molecule has 6 nitrogen and oxygen atoms in total. The lowest BCUT2D eigenvalue weighted by atomic mass is 10.3. The summed E-state index contributed by atoms with van der Waals surface area (Å²) in [5, 5.41) is 2.57. The monoisotopic (exact) mass is 478 g/mol. The number of halogens is 2. The van der Waals surface area contributed by atoms with E-state index in [1.54, 1.807) is 24.3 Å². The zero-order chi connectivity index (χ0) is 20.9. The van der Waals surface area contributed by atoms with Crippen molar-refractivity contribution in [3.05, 3.63) is 83.1 Å². The van der Waals surface area contributed by atoms with Crippen molar-refractivity contribution in [2.24, 2.45) is 0 Å². The summed E-state index contributed by atoms with van der Waals surface area (Å²) < 4.78 is 46.4. The fourth-order valence-corrected chi connectivity index (χ4v) is 3.65. The Bertz CT molecular complexity index is 1090. The molecular weight excluding hydrogens is 463 g/mol. The first-order valence-electron chi connectivity index (χ1n) is 8.38. The fourth-order valence-electron chi connectivity index (χ4n) is 2.33. The zero-order valence-electron chi connectivity index (χ0n) is 14.9. The minimum atomic E-state index is -3.75. The summed E-state index contributed by atoms with van der Waals surface area (Å²) >= 11 is 3.29. The van der Waals surface area contributed by atoms with Crippen molar-refractivity contribution >= 4 is 43.2 Å². The molecule has 9 heteroatoms. The standard InChI is InChI=1S/C20H16BrFN2O4S/c21-14-1-5-17(6-2-14)24-29(26,27)19-11-9-18(10-12-19)28-13-20(25)23-16-7-3-15(22)4-8-16/h1-12,24H,13H2,(H,23,25). The fraction of sp³-hybridized carbons (Fsp3) is 0.0500. The number of benzene rings is 3. The number of anilines is 2. The molecule has 29 heavy (non-hydrogen) atoms. The highest BCUT2D eigenvalue weighted by Crippen LogP contribution is 2.21. The van der Waals surface area contributed by atoms with E-state index in [2.05, 4.69) is 26.0 Å². The van der Waals surface area contributed by atoms with Crippen LogP contribution in [0, 0.1) is 5.82 Å². The van der Waals surface area contributed by atoms with Gasteiger partial charge in [0.25, 0.3) is 15.9 Å². The Morgan fingerprint density at radius 1 is 0.897 bits per heavy atom.